The highest BCUT2D eigenvalue weighted by atomic mass is 79.9. The van der Waals surface area contributed by atoms with E-state index >= 15 is 0 Å². The SMILES string of the molecule is O=S(=O)(c1cc(Br)ccc1Br)N(C1CCCC1)C1CC1. The lowest BCUT2D eigenvalue weighted by Gasteiger charge is -2.28. The van der Waals surface area contributed by atoms with Crippen LogP contribution >= 0.6 is 31.9 Å². The van der Waals surface area contributed by atoms with Crippen molar-refractivity contribution in [3.63, 3.8) is 0 Å². The fraction of sp³-hybridized carbons (Fsp3) is 0.571. The maximum Gasteiger partial charge on any atom is 0.244 e. The van der Waals surface area contributed by atoms with Crippen LogP contribution in [-0.4, -0.2) is 24.8 Å². The van der Waals surface area contributed by atoms with Crippen LogP contribution in [0.5, 0.6) is 0 Å². The molecule has 0 N–H and O–H groups in total. The van der Waals surface area contributed by atoms with Crippen LogP contribution in [0.2, 0.25) is 0 Å². The van der Waals surface area contributed by atoms with Gasteiger partial charge in [0.25, 0.3) is 0 Å². The molecular formula is C14H17Br2NO2S. The van der Waals surface area contributed by atoms with Gasteiger partial charge in [0, 0.05) is 21.0 Å². The lowest BCUT2D eigenvalue weighted by molar-refractivity contribution is 0.314. The lowest BCUT2D eigenvalue weighted by atomic mass is 10.2. The van der Waals surface area contributed by atoms with Gasteiger partial charge in [-0.3, -0.25) is 0 Å². The zero-order valence-electron chi connectivity index (χ0n) is 11.1. The normalized spacial score (nSPS) is 20.8. The summed E-state index contributed by atoms with van der Waals surface area (Å²) in [4.78, 5) is 0.380. The molecule has 0 amide bonds. The molecule has 20 heavy (non-hydrogen) atoms. The van der Waals surface area contributed by atoms with E-state index in [0.717, 1.165) is 43.0 Å². The van der Waals surface area contributed by atoms with Crippen molar-refractivity contribution in [3.8, 4) is 0 Å². The number of halogens is 2. The fourth-order valence-electron chi connectivity index (χ4n) is 2.97. The molecule has 110 valence electrons. The molecule has 6 heteroatoms. The van der Waals surface area contributed by atoms with Crippen LogP contribution in [0, 0.1) is 0 Å². The Morgan fingerprint density at radius 1 is 1.00 bits per heavy atom. The minimum Gasteiger partial charge on any atom is -0.207 e. The molecule has 0 spiro atoms. The van der Waals surface area contributed by atoms with Crippen LogP contribution in [0.15, 0.2) is 32.0 Å². The standard InChI is InChI=1S/C14H17Br2NO2S/c15-10-5-8-13(16)14(9-10)20(18,19)17(12-6-7-12)11-3-1-2-4-11/h5,8-9,11-12H,1-4,6-7H2. The third-order valence-electron chi connectivity index (χ3n) is 4.04. The Morgan fingerprint density at radius 3 is 2.20 bits per heavy atom. The first kappa shape index (κ1) is 15.0. The zero-order chi connectivity index (χ0) is 14.3. The van der Waals surface area contributed by atoms with E-state index in [1.54, 1.807) is 16.4 Å². The summed E-state index contributed by atoms with van der Waals surface area (Å²) < 4.78 is 29.3. The largest absolute Gasteiger partial charge is 0.244 e. The summed E-state index contributed by atoms with van der Waals surface area (Å²) in [5, 5.41) is 0. The Bertz CT molecular complexity index is 608. The van der Waals surface area contributed by atoms with Gasteiger partial charge in [-0.05, 0) is 59.8 Å². The smallest absolute Gasteiger partial charge is 0.207 e. The molecule has 0 aromatic heterocycles. The summed E-state index contributed by atoms with van der Waals surface area (Å²) in [7, 11) is -3.42. The number of rotatable bonds is 4. The van der Waals surface area contributed by atoms with Crippen molar-refractivity contribution in [2.75, 3.05) is 0 Å². The van der Waals surface area contributed by atoms with Crippen molar-refractivity contribution in [1.29, 1.82) is 0 Å². The molecule has 0 heterocycles. The highest BCUT2D eigenvalue weighted by Gasteiger charge is 2.43. The van der Waals surface area contributed by atoms with E-state index in [1.807, 2.05) is 6.07 Å². The maximum atomic E-state index is 13.0. The van der Waals surface area contributed by atoms with Gasteiger partial charge < -0.3 is 0 Å². The number of nitrogens with zero attached hydrogens (tertiary/aromatic N) is 1. The number of hydrogen-bond acceptors (Lipinski definition) is 2. The Labute approximate surface area is 137 Å². The van der Waals surface area contributed by atoms with Crippen molar-refractivity contribution in [3.05, 3.63) is 27.1 Å². The molecule has 0 unspecified atom stereocenters. The van der Waals surface area contributed by atoms with Gasteiger partial charge >= 0.3 is 0 Å². The topological polar surface area (TPSA) is 37.4 Å². The van der Waals surface area contributed by atoms with Gasteiger partial charge in [0.05, 0.1) is 4.90 Å². The molecule has 1 aromatic rings. The molecule has 0 bridgehead atoms. The predicted molar refractivity (Wildman–Crippen MR) is 86.1 cm³/mol. The molecule has 0 atom stereocenters. The van der Waals surface area contributed by atoms with Crippen LogP contribution in [0.25, 0.3) is 0 Å². The van der Waals surface area contributed by atoms with E-state index in [4.69, 9.17) is 0 Å². The van der Waals surface area contributed by atoms with E-state index < -0.39 is 10.0 Å². The molecule has 0 radical (unpaired) electrons. The second-order valence-electron chi connectivity index (χ2n) is 5.58. The summed E-state index contributed by atoms with van der Waals surface area (Å²) in [6, 6.07) is 5.74. The first-order valence-corrected chi connectivity index (χ1v) is 10.0. The van der Waals surface area contributed by atoms with E-state index in [0.29, 0.717) is 9.37 Å². The van der Waals surface area contributed by atoms with Gasteiger partial charge in [-0.25, -0.2) is 8.42 Å². The van der Waals surface area contributed by atoms with Crippen LogP contribution < -0.4 is 0 Å². The van der Waals surface area contributed by atoms with Crippen LogP contribution in [0.3, 0.4) is 0 Å². The van der Waals surface area contributed by atoms with Gasteiger partial charge in [-0.15, -0.1) is 0 Å². The predicted octanol–water partition coefficient (Wildman–Crippen LogP) is 4.31. The van der Waals surface area contributed by atoms with Crippen molar-refractivity contribution >= 4 is 41.9 Å². The van der Waals surface area contributed by atoms with Crippen LogP contribution in [0.4, 0.5) is 0 Å². The average Bonchev–Trinajstić information content (AvgIpc) is 3.06. The molecule has 2 aliphatic carbocycles. The Balaban J connectivity index is 2.01. The second kappa shape index (κ2) is 5.71. The summed E-state index contributed by atoms with van der Waals surface area (Å²) in [6.45, 7) is 0. The molecule has 2 saturated carbocycles. The number of benzene rings is 1. The minimum absolute atomic E-state index is 0.193. The minimum atomic E-state index is -3.42. The highest BCUT2D eigenvalue weighted by molar-refractivity contribution is 9.11. The van der Waals surface area contributed by atoms with E-state index in [9.17, 15) is 8.42 Å². The van der Waals surface area contributed by atoms with Gasteiger partial charge in [0.2, 0.25) is 10.0 Å². The van der Waals surface area contributed by atoms with Gasteiger partial charge in [-0.2, -0.15) is 4.31 Å². The maximum absolute atomic E-state index is 13.0. The monoisotopic (exact) mass is 421 g/mol. The number of sulfonamides is 1. The summed E-state index contributed by atoms with van der Waals surface area (Å²) in [5.41, 5.74) is 0. The molecular weight excluding hydrogens is 406 g/mol. The van der Waals surface area contributed by atoms with E-state index in [2.05, 4.69) is 31.9 Å². The summed E-state index contributed by atoms with van der Waals surface area (Å²) >= 11 is 6.76. The molecule has 0 saturated heterocycles. The van der Waals surface area contributed by atoms with E-state index in [1.165, 1.54) is 0 Å². The van der Waals surface area contributed by atoms with Crippen molar-refractivity contribution < 1.29 is 8.42 Å². The third-order valence-corrected chi connectivity index (χ3v) is 7.53. The Hall–Kier alpha value is 0.0900. The third kappa shape index (κ3) is 2.85. The lowest BCUT2D eigenvalue weighted by Crippen LogP contribution is -2.40. The molecule has 3 rings (SSSR count). The second-order valence-corrected chi connectivity index (χ2v) is 9.16. The molecule has 1 aromatic carbocycles. The van der Waals surface area contributed by atoms with Gasteiger partial charge in [0.1, 0.15) is 0 Å². The Kier molecular flexibility index (Phi) is 4.28. The Morgan fingerprint density at radius 2 is 1.60 bits per heavy atom. The van der Waals surface area contributed by atoms with Crippen molar-refractivity contribution in [1.82, 2.24) is 4.31 Å². The first-order chi connectivity index (χ1) is 9.50. The average molecular weight is 423 g/mol. The van der Waals surface area contributed by atoms with E-state index in [-0.39, 0.29) is 12.1 Å². The van der Waals surface area contributed by atoms with Gasteiger partial charge in [0.15, 0.2) is 0 Å². The number of hydrogen-bond donors (Lipinski definition) is 0. The quantitative estimate of drug-likeness (QED) is 0.724. The fourth-order valence-corrected chi connectivity index (χ4v) is 6.36. The van der Waals surface area contributed by atoms with Gasteiger partial charge in [-0.1, -0.05) is 28.8 Å². The summed E-state index contributed by atoms with van der Waals surface area (Å²) in [6.07, 6.45) is 6.29. The van der Waals surface area contributed by atoms with Crippen LogP contribution in [-0.2, 0) is 10.0 Å². The van der Waals surface area contributed by atoms with Crippen molar-refractivity contribution in [2.45, 2.75) is 55.5 Å². The van der Waals surface area contributed by atoms with Crippen molar-refractivity contribution in [2.24, 2.45) is 0 Å². The first-order valence-electron chi connectivity index (χ1n) is 6.99. The molecule has 3 nitrogen and oxygen atoms in total. The molecule has 0 aliphatic heterocycles. The molecule has 2 aliphatic rings. The van der Waals surface area contributed by atoms with Crippen LogP contribution in [0.1, 0.15) is 38.5 Å². The highest BCUT2D eigenvalue weighted by Crippen LogP contribution is 2.40. The summed E-state index contributed by atoms with van der Waals surface area (Å²) in [5.74, 6) is 0. The molecule has 2 fully saturated rings. The zero-order valence-corrected chi connectivity index (χ0v) is 15.0.